The van der Waals surface area contributed by atoms with Gasteiger partial charge in [0, 0.05) is 31.6 Å². The topological polar surface area (TPSA) is 171 Å². The van der Waals surface area contributed by atoms with Crippen LogP contribution in [0.4, 0.5) is 0 Å². The van der Waals surface area contributed by atoms with Gasteiger partial charge in [0.05, 0.1) is 12.3 Å². The van der Waals surface area contributed by atoms with Crippen LogP contribution in [0.15, 0.2) is 24.3 Å². The molecule has 0 unspecified atom stereocenters. The highest BCUT2D eigenvalue weighted by Crippen LogP contribution is 2.23. The van der Waals surface area contributed by atoms with Crippen molar-refractivity contribution in [2.24, 2.45) is 17.6 Å². The standard InChI is InChI=1S/C26H37N5O7/c27-22(32)17-38-21-6-4-19(5-7-21)25(36)31(29-14-11-24(34)35)26(37)20-2-1-15-30(16-20)23(33)8-3-18-9-12-28-13-10-18/h4-7,18,20,28-29H,1-3,8-17H2,(H2,27,32)(H,34,35)/t20-/m1/s1. The number of rotatable bonds is 12. The van der Waals surface area contributed by atoms with Crippen LogP contribution in [0.2, 0.25) is 0 Å². The van der Waals surface area contributed by atoms with Crippen LogP contribution in [0.25, 0.3) is 0 Å². The first-order chi connectivity index (χ1) is 18.2. The van der Waals surface area contributed by atoms with Gasteiger partial charge in [0.2, 0.25) is 11.8 Å². The molecule has 208 valence electrons. The normalized spacial score (nSPS) is 18.0. The summed E-state index contributed by atoms with van der Waals surface area (Å²) in [5.74, 6) is -2.60. The second-order valence-corrected chi connectivity index (χ2v) is 9.72. The fourth-order valence-electron chi connectivity index (χ4n) is 4.75. The Morgan fingerprint density at radius 1 is 1.08 bits per heavy atom. The van der Waals surface area contributed by atoms with Crippen molar-refractivity contribution in [3.8, 4) is 5.75 Å². The van der Waals surface area contributed by atoms with Crippen molar-refractivity contribution in [2.45, 2.75) is 44.9 Å². The molecule has 12 heteroatoms. The van der Waals surface area contributed by atoms with Gasteiger partial charge in [0.1, 0.15) is 5.75 Å². The third-order valence-corrected chi connectivity index (χ3v) is 6.86. The zero-order valence-corrected chi connectivity index (χ0v) is 21.5. The van der Waals surface area contributed by atoms with Crippen LogP contribution in [0.3, 0.4) is 0 Å². The molecule has 0 spiro atoms. The molecular weight excluding hydrogens is 494 g/mol. The lowest BCUT2D eigenvalue weighted by molar-refractivity contribution is -0.142. The van der Waals surface area contributed by atoms with Crippen molar-refractivity contribution >= 4 is 29.6 Å². The third-order valence-electron chi connectivity index (χ3n) is 6.86. The average molecular weight is 532 g/mol. The van der Waals surface area contributed by atoms with Gasteiger partial charge < -0.3 is 25.8 Å². The number of hydrogen-bond donors (Lipinski definition) is 4. The Morgan fingerprint density at radius 3 is 2.45 bits per heavy atom. The minimum absolute atomic E-state index is 0.0179. The molecule has 2 aliphatic heterocycles. The molecular formula is C26H37N5O7. The molecule has 4 amide bonds. The van der Waals surface area contributed by atoms with E-state index in [1.165, 1.54) is 24.3 Å². The number of nitrogens with one attached hydrogen (secondary N) is 2. The molecule has 2 heterocycles. The van der Waals surface area contributed by atoms with E-state index >= 15 is 0 Å². The number of aliphatic carboxylic acids is 1. The lowest BCUT2D eigenvalue weighted by Crippen LogP contribution is -2.53. The Kier molecular flexibility index (Phi) is 11.0. The van der Waals surface area contributed by atoms with E-state index in [-0.39, 0.29) is 37.6 Å². The fourth-order valence-corrected chi connectivity index (χ4v) is 4.75. The summed E-state index contributed by atoms with van der Waals surface area (Å²) >= 11 is 0. The zero-order chi connectivity index (χ0) is 27.5. The highest BCUT2D eigenvalue weighted by atomic mass is 16.5. The number of carboxylic acid groups (broad SMARTS) is 1. The smallest absolute Gasteiger partial charge is 0.304 e. The highest BCUT2D eigenvalue weighted by Gasteiger charge is 2.34. The van der Waals surface area contributed by atoms with Crippen molar-refractivity contribution in [3.05, 3.63) is 29.8 Å². The maximum atomic E-state index is 13.5. The first-order valence-corrected chi connectivity index (χ1v) is 13.1. The van der Waals surface area contributed by atoms with Crippen LogP contribution < -0.4 is 21.2 Å². The maximum absolute atomic E-state index is 13.5. The van der Waals surface area contributed by atoms with Crippen molar-refractivity contribution in [3.63, 3.8) is 0 Å². The van der Waals surface area contributed by atoms with E-state index in [0.29, 0.717) is 37.5 Å². The molecule has 2 fully saturated rings. The number of imide groups is 1. The van der Waals surface area contributed by atoms with E-state index < -0.39 is 29.6 Å². The number of piperidine rings is 2. The van der Waals surface area contributed by atoms with Crippen molar-refractivity contribution in [2.75, 3.05) is 39.3 Å². The highest BCUT2D eigenvalue weighted by molar-refractivity contribution is 6.05. The molecule has 3 rings (SSSR count). The predicted octanol–water partition coefficient (Wildman–Crippen LogP) is 0.517. The number of carbonyl (C=O) groups excluding carboxylic acids is 4. The van der Waals surface area contributed by atoms with E-state index in [2.05, 4.69) is 10.7 Å². The third kappa shape index (κ3) is 8.80. The van der Waals surface area contributed by atoms with E-state index in [1.807, 2.05) is 0 Å². The number of hydrazine groups is 1. The number of hydrogen-bond acceptors (Lipinski definition) is 8. The molecule has 0 aromatic heterocycles. The molecule has 0 saturated carbocycles. The number of amides is 4. The summed E-state index contributed by atoms with van der Waals surface area (Å²) in [4.78, 5) is 63.3. The molecule has 5 N–H and O–H groups in total. The predicted molar refractivity (Wildman–Crippen MR) is 137 cm³/mol. The number of carbonyl (C=O) groups is 5. The summed E-state index contributed by atoms with van der Waals surface area (Å²) in [5, 5.41) is 13.2. The van der Waals surface area contributed by atoms with E-state index in [9.17, 15) is 24.0 Å². The van der Waals surface area contributed by atoms with Gasteiger partial charge in [-0.25, -0.2) is 10.4 Å². The van der Waals surface area contributed by atoms with Crippen LogP contribution in [-0.2, 0) is 19.2 Å². The number of nitrogens with two attached hydrogens (primary N) is 1. The van der Waals surface area contributed by atoms with Crippen molar-refractivity contribution < 1.29 is 33.8 Å². The lowest BCUT2D eigenvalue weighted by Gasteiger charge is -2.35. The van der Waals surface area contributed by atoms with E-state index in [4.69, 9.17) is 15.6 Å². The van der Waals surface area contributed by atoms with Crippen LogP contribution in [0.5, 0.6) is 5.75 Å². The number of likely N-dealkylation sites (tertiary alicyclic amines) is 1. The summed E-state index contributed by atoms with van der Waals surface area (Å²) in [6.45, 7) is 2.29. The number of carboxylic acids is 1. The minimum atomic E-state index is -1.07. The van der Waals surface area contributed by atoms with Crippen LogP contribution in [0, 0.1) is 11.8 Å². The van der Waals surface area contributed by atoms with Gasteiger partial charge in [-0.05, 0) is 75.4 Å². The molecule has 2 aliphatic rings. The zero-order valence-electron chi connectivity index (χ0n) is 21.5. The van der Waals surface area contributed by atoms with Gasteiger partial charge >= 0.3 is 5.97 Å². The summed E-state index contributed by atoms with van der Waals surface area (Å²) in [5.41, 5.74) is 7.90. The Morgan fingerprint density at radius 2 is 1.79 bits per heavy atom. The molecule has 1 aromatic rings. The first-order valence-electron chi connectivity index (χ1n) is 13.1. The molecule has 1 atom stereocenters. The van der Waals surface area contributed by atoms with Crippen LogP contribution >= 0.6 is 0 Å². The van der Waals surface area contributed by atoms with Crippen molar-refractivity contribution in [1.29, 1.82) is 0 Å². The fraction of sp³-hybridized carbons (Fsp3) is 0.577. The number of benzene rings is 1. The van der Waals surface area contributed by atoms with Gasteiger partial charge in [0.25, 0.3) is 11.8 Å². The molecule has 0 bridgehead atoms. The monoisotopic (exact) mass is 531 g/mol. The Bertz CT molecular complexity index is 994. The van der Waals surface area contributed by atoms with E-state index in [0.717, 1.165) is 37.4 Å². The number of primary amides is 1. The number of ether oxygens (including phenoxy) is 1. The van der Waals surface area contributed by atoms with Gasteiger partial charge in [0.15, 0.2) is 6.61 Å². The SMILES string of the molecule is NC(=O)COc1ccc(C(=O)N(NCCC(=O)O)C(=O)[C@@H]2CCCN(C(=O)CCC3CCNCC3)C2)cc1. The van der Waals surface area contributed by atoms with E-state index in [1.54, 1.807) is 4.90 Å². The lowest BCUT2D eigenvalue weighted by atomic mass is 9.92. The van der Waals surface area contributed by atoms with Crippen molar-refractivity contribution in [1.82, 2.24) is 20.7 Å². The Hall–Kier alpha value is -3.51. The number of nitrogens with zero attached hydrogens (tertiary/aromatic N) is 2. The van der Waals surface area contributed by atoms with Crippen LogP contribution in [0.1, 0.15) is 55.3 Å². The summed E-state index contributed by atoms with van der Waals surface area (Å²) in [6.07, 6.45) is 4.26. The average Bonchev–Trinajstić information content (AvgIpc) is 2.93. The second kappa shape index (κ2) is 14.4. The molecule has 38 heavy (non-hydrogen) atoms. The quantitative estimate of drug-likeness (QED) is 0.222. The largest absolute Gasteiger partial charge is 0.484 e. The summed E-state index contributed by atoms with van der Waals surface area (Å²) in [7, 11) is 0. The summed E-state index contributed by atoms with van der Waals surface area (Å²) < 4.78 is 5.20. The molecule has 0 radical (unpaired) electrons. The molecule has 12 nitrogen and oxygen atoms in total. The second-order valence-electron chi connectivity index (χ2n) is 9.72. The van der Waals surface area contributed by atoms with Gasteiger partial charge in [-0.15, -0.1) is 0 Å². The van der Waals surface area contributed by atoms with Gasteiger partial charge in [-0.1, -0.05) is 0 Å². The molecule has 2 saturated heterocycles. The van der Waals surface area contributed by atoms with Crippen LogP contribution in [-0.4, -0.2) is 83.9 Å². The summed E-state index contributed by atoms with van der Waals surface area (Å²) in [6, 6.07) is 5.82. The minimum Gasteiger partial charge on any atom is -0.484 e. The first kappa shape index (κ1) is 29.1. The maximum Gasteiger partial charge on any atom is 0.304 e. The molecule has 1 aromatic carbocycles. The van der Waals surface area contributed by atoms with Gasteiger partial charge in [-0.3, -0.25) is 24.0 Å². The molecule has 0 aliphatic carbocycles. The Balaban J connectivity index is 1.64. The Labute approximate surface area is 221 Å². The van der Waals surface area contributed by atoms with Gasteiger partial charge in [-0.2, -0.15) is 0 Å².